The Balaban J connectivity index is 1.98. The number of halogens is 3. The van der Waals surface area contributed by atoms with Gasteiger partial charge in [-0.15, -0.1) is 11.3 Å². The van der Waals surface area contributed by atoms with E-state index >= 15 is 0 Å². The van der Waals surface area contributed by atoms with Gasteiger partial charge in [0, 0.05) is 10.6 Å². The Bertz CT molecular complexity index is 919. The molecule has 0 saturated carbocycles. The van der Waals surface area contributed by atoms with Gasteiger partial charge in [-0.05, 0) is 56.7 Å². The van der Waals surface area contributed by atoms with Crippen LogP contribution in [0, 0.1) is 13.8 Å². The molecule has 28 heavy (non-hydrogen) atoms. The van der Waals surface area contributed by atoms with Crippen LogP contribution in [0.4, 0.5) is 23.9 Å². The van der Waals surface area contributed by atoms with Crippen molar-refractivity contribution in [3.63, 3.8) is 0 Å². The topological polar surface area (TPSA) is 58.2 Å². The maximum absolute atomic E-state index is 13.0. The van der Waals surface area contributed by atoms with Crippen molar-refractivity contribution in [1.29, 1.82) is 0 Å². The SMILES string of the molecule is Cc1ccc(NC(=O)c2c(NC(=O)C(F)(F)F)sc3c2CCCCC3)c(C)c1. The second-order valence-electron chi connectivity index (χ2n) is 6.99. The van der Waals surface area contributed by atoms with E-state index in [0.29, 0.717) is 18.5 Å². The van der Waals surface area contributed by atoms with Gasteiger partial charge in [-0.1, -0.05) is 24.1 Å². The number of benzene rings is 1. The lowest BCUT2D eigenvalue weighted by atomic mass is 10.0. The minimum atomic E-state index is -5.01. The van der Waals surface area contributed by atoms with E-state index in [2.05, 4.69) is 5.32 Å². The molecule has 1 heterocycles. The first-order chi connectivity index (χ1) is 13.2. The Morgan fingerprint density at radius 3 is 2.43 bits per heavy atom. The standard InChI is InChI=1S/C20H21F3N2O2S/c1-11-8-9-14(12(2)10-11)24-17(26)16-13-6-4-3-5-7-15(13)28-18(16)25-19(27)20(21,22)23/h8-10H,3-7H2,1-2H3,(H,24,26)(H,25,27). The molecule has 1 aromatic heterocycles. The highest BCUT2D eigenvalue weighted by Gasteiger charge is 2.40. The summed E-state index contributed by atoms with van der Waals surface area (Å²) in [5, 5.41) is 4.68. The fourth-order valence-corrected chi connectivity index (χ4v) is 4.67. The van der Waals surface area contributed by atoms with Crippen molar-refractivity contribution in [3.8, 4) is 0 Å². The molecule has 8 heteroatoms. The van der Waals surface area contributed by atoms with Gasteiger partial charge in [0.15, 0.2) is 0 Å². The second kappa shape index (κ2) is 7.95. The highest BCUT2D eigenvalue weighted by atomic mass is 32.1. The van der Waals surface area contributed by atoms with Gasteiger partial charge in [-0.2, -0.15) is 13.2 Å². The van der Waals surface area contributed by atoms with Crippen LogP contribution >= 0.6 is 11.3 Å². The molecule has 0 saturated heterocycles. The van der Waals surface area contributed by atoms with E-state index in [1.807, 2.05) is 31.3 Å². The number of hydrogen-bond acceptors (Lipinski definition) is 3. The van der Waals surface area contributed by atoms with Gasteiger partial charge in [0.05, 0.1) is 5.56 Å². The summed E-state index contributed by atoms with van der Waals surface area (Å²) in [6, 6.07) is 5.53. The molecule has 1 aliphatic rings. The Hall–Kier alpha value is -2.35. The highest BCUT2D eigenvalue weighted by Crippen LogP contribution is 2.38. The smallest absolute Gasteiger partial charge is 0.322 e. The van der Waals surface area contributed by atoms with E-state index in [1.165, 1.54) is 0 Å². The molecule has 0 aliphatic heterocycles. The van der Waals surface area contributed by atoms with Crippen molar-refractivity contribution in [1.82, 2.24) is 0 Å². The normalized spacial score (nSPS) is 14.2. The van der Waals surface area contributed by atoms with Gasteiger partial charge >= 0.3 is 12.1 Å². The molecule has 0 atom stereocenters. The van der Waals surface area contributed by atoms with Gasteiger partial charge in [0.1, 0.15) is 5.00 Å². The zero-order chi connectivity index (χ0) is 20.5. The number of hydrogen-bond donors (Lipinski definition) is 2. The van der Waals surface area contributed by atoms with E-state index in [0.717, 1.165) is 52.2 Å². The van der Waals surface area contributed by atoms with Crippen LogP contribution in [0.3, 0.4) is 0 Å². The highest BCUT2D eigenvalue weighted by molar-refractivity contribution is 7.17. The number of aryl methyl sites for hydroxylation is 3. The Labute approximate surface area is 165 Å². The summed E-state index contributed by atoms with van der Waals surface area (Å²) in [7, 11) is 0. The number of thiophene rings is 1. The molecular formula is C20H21F3N2O2S. The number of anilines is 2. The fourth-order valence-electron chi connectivity index (χ4n) is 3.38. The van der Waals surface area contributed by atoms with Crippen LogP contribution in [0.25, 0.3) is 0 Å². The van der Waals surface area contributed by atoms with E-state index in [-0.39, 0.29) is 10.6 Å². The first kappa shape index (κ1) is 20.4. The third-order valence-electron chi connectivity index (χ3n) is 4.76. The number of fused-ring (bicyclic) bond motifs is 1. The number of alkyl halides is 3. The van der Waals surface area contributed by atoms with E-state index in [9.17, 15) is 22.8 Å². The quantitative estimate of drug-likeness (QED) is 0.667. The average Bonchev–Trinajstić information content (AvgIpc) is 2.78. The van der Waals surface area contributed by atoms with Crippen LogP contribution < -0.4 is 10.6 Å². The van der Waals surface area contributed by atoms with Gasteiger partial charge in [0.25, 0.3) is 5.91 Å². The zero-order valence-electron chi connectivity index (χ0n) is 15.6. The van der Waals surface area contributed by atoms with Gasteiger partial charge in [-0.3, -0.25) is 9.59 Å². The molecule has 2 amide bonds. The predicted molar refractivity (Wildman–Crippen MR) is 104 cm³/mol. The molecule has 3 rings (SSSR count). The van der Waals surface area contributed by atoms with Crippen LogP contribution in [-0.2, 0) is 17.6 Å². The molecule has 0 radical (unpaired) electrons. The molecule has 1 aromatic carbocycles. The van der Waals surface area contributed by atoms with Crippen LogP contribution in [0.2, 0.25) is 0 Å². The lowest BCUT2D eigenvalue weighted by molar-refractivity contribution is -0.167. The second-order valence-corrected chi connectivity index (χ2v) is 8.10. The number of rotatable bonds is 3. The van der Waals surface area contributed by atoms with Crippen LogP contribution in [0.5, 0.6) is 0 Å². The van der Waals surface area contributed by atoms with Crippen molar-refractivity contribution in [3.05, 3.63) is 45.3 Å². The third-order valence-corrected chi connectivity index (χ3v) is 5.97. The van der Waals surface area contributed by atoms with Crippen molar-refractivity contribution in [2.24, 2.45) is 0 Å². The van der Waals surface area contributed by atoms with Crippen molar-refractivity contribution in [2.75, 3.05) is 10.6 Å². The predicted octanol–water partition coefficient (Wildman–Crippen LogP) is 5.39. The number of amides is 2. The molecule has 0 unspecified atom stereocenters. The summed E-state index contributed by atoms with van der Waals surface area (Å²) in [6.07, 6.45) is -0.917. The maximum Gasteiger partial charge on any atom is 0.471 e. The van der Waals surface area contributed by atoms with Crippen molar-refractivity contribution in [2.45, 2.75) is 52.1 Å². The number of carbonyl (C=O) groups is 2. The third kappa shape index (κ3) is 4.38. The number of carbonyl (C=O) groups excluding carboxylic acids is 2. The average molecular weight is 410 g/mol. The van der Waals surface area contributed by atoms with Crippen LogP contribution in [-0.4, -0.2) is 18.0 Å². The molecule has 1 aliphatic carbocycles. The Morgan fingerprint density at radius 2 is 1.75 bits per heavy atom. The molecule has 2 N–H and O–H groups in total. The Kier molecular flexibility index (Phi) is 5.79. The first-order valence-electron chi connectivity index (χ1n) is 9.08. The monoisotopic (exact) mass is 410 g/mol. The summed E-state index contributed by atoms with van der Waals surface area (Å²) in [6.45, 7) is 3.78. The minimum Gasteiger partial charge on any atom is -0.322 e. The number of nitrogens with one attached hydrogen (secondary N) is 2. The largest absolute Gasteiger partial charge is 0.471 e. The molecule has 2 aromatic rings. The minimum absolute atomic E-state index is 0.0310. The van der Waals surface area contributed by atoms with E-state index < -0.39 is 18.0 Å². The van der Waals surface area contributed by atoms with Gasteiger partial charge in [0.2, 0.25) is 0 Å². The summed E-state index contributed by atoms with van der Waals surface area (Å²) in [4.78, 5) is 25.4. The molecule has 4 nitrogen and oxygen atoms in total. The Morgan fingerprint density at radius 1 is 1.04 bits per heavy atom. The summed E-state index contributed by atoms with van der Waals surface area (Å²) in [5.41, 5.74) is 3.40. The van der Waals surface area contributed by atoms with Gasteiger partial charge in [-0.25, -0.2) is 0 Å². The summed E-state index contributed by atoms with van der Waals surface area (Å²) >= 11 is 1.07. The molecule has 0 bridgehead atoms. The van der Waals surface area contributed by atoms with Crippen molar-refractivity contribution >= 4 is 33.8 Å². The lowest BCUT2D eigenvalue weighted by Gasteiger charge is -2.13. The molecular weight excluding hydrogens is 389 g/mol. The summed E-state index contributed by atoms with van der Waals surface area (Å²) in [5.74, 6) is -2.56. The summed E-state index contributed by atoms with van der Waals surface area (Å²) < 4.78 is 38.2. The van der Waals surface area contributed by atoms with Crippen molar-refractivity contribution < 1.29 is 22.8 Å². The van der Waals surface area contributed by atoms with Crippen LogP contribution in [0.15, 0.2) is 18.2 Å². The van der Waals surface area contributed by atoms with E-state index in [1.54, 1.807) is 6.07 Å². The molecule has 0 spiro atoms. The molecule has 150 valence electrons. The fraction of sp³-hybridized carbons (Fsp3) is 0.400. The zero-order valence-corrected chi connectivity index (χ0v) is 16.4. The van der Waals surface area contributed by atoms with E-state index in [4.69, 9.17) is 0 Å². The first-order valence-corrected chi connectivity index (χ1v) is 9.90. The maximum atomic E-state index is 13.0. The van der Waals surface area contributed by atoms with Crippen LogP contribution in [0.1, 0.15) is 51.2 Å². The lowest BCUT2D eigenvalue weighted by Crippen LogP contribution is -2.30. The molecule has 0 fully saturated rings. The van der Waals surface area contributed by atoms with Gasteiger partial charge < -0.3 is 10.6 Å².